The van der Waals surface area contributed by atoms with Gasteiger partial charge in [-0.2, -0.15) is 5.10 Å². The van der Waals surface area contributed by atoms with E-state index in [2.05, 4.69) is 30.7 Å². The lowest BCUT2D eigenvalue weighted by Gasteiger charge is -2.15. The van der Waals surface area contributed by atoms with E-state index in [0.29, 0.717) is 11.5 Å². The molecule has 2 aromatic heterocycles. The first-order valence-electron chi connectivity index (χ1n) is 8.03. The minimum atomic E-state index is -0.369. The van der Waals surface area contributed by atoms with Gasteiger partial charge in [0.2, 0.25) is 0 Å². The SMILES string of the molecule is C[C@@H](NC(=O)Nc1cc2cnn(C)c2c(CN=[N+]=[N-])n1)c1ccccc1. The standard InChI is InChI=1S/C17H18N8O/c1-11(12-6-4-3-5-7-12)21-17(26)23-15-8-13-9-20-25(2)16(13)14(22-15)10-19-24-18/h3-9,11H,10H2,1-2H3,(H2,21,22,23,26)/t11-/m1/s1. The Morgan fingerprint density at radius 3 is 2.88 bits per heavy atom. The largest absolute Gasteiger partial charge is 0.331 e. The summed E-state index contributed by atoms with van der Waals surface area (Å²) in [6, 6.07) is 10.9. The van der Waals surface area contributed by atoms with Crippen LogP contribution in [0.4, 0.5) is 10.6 Å². The van der Waals surface area contributed by atoms with E-state index in [1.54, 1.807) is 24.0 Å². The zero-order valence-corrected chi connectivity index (χ0v) is 14.4. The summed E-state index contributed by atoms with van der Waals surface area (Å²) in [5.74, 6) is 0.367. The number of pyridine rings is 1. The molecule has 1 atom stereocenters. The van der Waals surface area contributed by atoms with Crippen LogP contribution in [-0.2, 0) is 13.6 Å². The van der Waals surface area contributed by atoms with Crippen molar-refractivity contribution in [2.75, 3.05) is 5.32 Å². The van der Waals surface area contributed by atoms with Gasteiger partial charge in [-0.25, -0.2) is 9.78 Å². The molecule has 9 nitrogen and oxygen atoms in total. The fourth-order valence-corrected chi connectivity index (χ4v) is 2.74. The Kier molecular flexibility index (Phi) is 5.00. The van der Waals surface area contributed by atoms with Gasteiger partial charge >= 0.3 is 6.03 Å². The van der Waals surface area contributed by atoms with E-state index in [1.807, 2.05) is 37.3 Å². The van der Waals surface area contributed by atoms with Crippen LogP contribution in [0.25, 0.3) is 21.3 Å². The summed E-state index contributed by atoms with van der Waals surface area (Å²) in [5, 5.41) is 14.2. The number of nitrogens with one attached hydrogen (secondary N) is 2. The minimum absolute atomic E-state index is 0.0735. The van der Waals surface area contributed by atoms with Crippen LogP contribution >= 0.6 is 0 Å². The molecule has 132 valence electrons. The molecular weight excluding hydrogens is 332 g/mol. The Hall–Kier alpha value is -3.58. The molecule has 0 bridgehead atoms. The van der Waals surface area contributed by atoms with Gasteiger partial charge in [0, 0.05) is 17.3 Å². The topological polar surface area (TPSA) is 121 Å². The summed E-state index contributed by atoms with van der Waals surface area (Å²) >= 11 is 0. The van der Waals surface area contributed by atoms with Crippen LogP contribution in [0.3, 0.4) is 0 Å². The van der Waals surface area contributed by atoms with E-state index in [-0.39, 0.29) is 18.6 Å². The molecule has 0 aliphatic heterocycles. The van der Waals surface area contributed by atoms with Gasteiger partial charge in [-0.15, -0.1) is 0 Å². The molecule has 0 aliphatic carbocycles. The molecule has 0 unspecified atom stereocenters. The molecule has 3 rings (SSSR count). The third-order valence-electron chi connectivity index (χ3n) is 3.96. The quantitative estimate of drug-likeness (QED) is 0.415. The average molecular weight is 350 g/mol. The summed E-state index contributed by atoms with van der Waals surface area (Å²) in [7, 11) is 1.78. The van der Waals surface area contributed by atoms with Gasteiger partial charge in [0.25, 0.3) is 0 Å². The summed E-state index contributed by atoms with van der Waals surface area (Å²) in [6.07, 6.45) is 1.67. The van der Waals surface area contributed by atoms with Crippen molar-refractivity contribution >= 4 is 22.8 Å². The number of hydrogen-bond acceptors (Lipinski definition) is 4. The highest BCUT2D eigenvalue weighted by Crippen LogP contribution is 2.21. The number of aromatic nitrogens is 3. The Balaban J connectivity index is 1.79. The second kappa shape index (κ2) is 7.54. The van der Waals surface area contributed by atoms with Crippen molar-refractivity contribution in [1.82, 2.24) is 20.1 Å². The van der Waals surface area contributed by atoms with Crippen LogP contribution in [0.5, 0.6) is 0 Å². The second-order valence-electron chi connectivity index (χ2n) is 5.78. The highest BCUT2D eigenvalue weighted by Gasteiger charge is 2.13. The average Bonchev–Trinajstić information content (AvgIpc) is 3.01. The number of urea groups is 1. The van der Waals surface area contributed by atoms with Gasteiger partial charge in [-0.05, 0) is 24.1 Å². The summed E-state index contributed by atoms with van der Waals surface area (Å²) < 4.78 is 1.66. The molecular formula is C17H18N8O. The molecule has 0 aliphatic rings. The lowest BCUT2D eigenvalue weighted by Crippen LogP contribution is -2.31. The summed E-state index contributed by atoms with van der Waals surface area (Å²) in [4.78, 5) is 19.5. The molecule has 0 fully saturated rings. The Labute approximate surface area is 149 Å². The third kappa shape index (κ3) is 3.73. The first-order valence-corrected chi connectivity index (χ1v) is 8.03. The van der Waals surface area contributed by atoms with Crippen LogP contribution < -0.4 is 10.6 Å². The van der Waals surface area contributed by atoms with Crippen molar-refractivity contribution in [3.05, 3.63) is 64.3 Å². The highest BCUT2D eigenvalue weighted by atomic mass is 16.2. The summed E-state index contributed by atoms with van der Waals surface area (Å²) in [6.45, 7) is 1.98. The van der Waals surface area contributed by atoms with Gasteiger partial charge in [-0.1, -0.05) is 35.4 Å². The zero-order valence-electron chi connectivity index (χ0n) is 14.4. The van der Waals surface area contributed by atoms with E-state index < -0.39 is 0 Å². The van der Waals surface area contributed by atoms with Crippen molar-refractivity contribution in [3.8, 4) is 0 Å². The van der Waals surface area contributed by atoms with Crippen molar-refractivity contribution in [2.24, 2.45) is 12.2 Å². The first kappa shape index (κ1) is 17.2. The monoisotopic (exact) mass is 350 g/mol. The van der Waals surface area contributed by atoms with E-state index in [1.165, 1.54) is 0 Å². The molecule has 3 aromatic rings. The predicted molar refractivity (Wildman–Crippen MR) is 98.4 cm³/mol. The van der Waals surface area contributed by atoms with Crippen LogP contribution in [0, 0.1) is 0 Å². The van der Waals surface area contributed by atoms with E-state index in [9.17, 15) is 4.79 Å². The van der Waals surface area contributed by atoms with Gasteiger partial charge in [0.1, 0.15) is 5.82 Å². The second-order valence-corrected chi connectivity index (χ2v) is 5.78. The van der Waals surface area contributed by atoms with Gasteiger partial charge in [-0.3, -0.25) is 10.00 Å². The number of rotatable bonds is 5. The number of carbonyl (C=O) groups is 1. The maximum Gasteiger partial charge on any atom is 0.320 e. The normalized spacial score (nSPS) is 11.6. The number of benzene rings is 1. The number of anilines is 1. The first-order chi connectivity index (χ1) is 12.6. The number of aryl methyl sites for hydroxylation is 1. The van der Waals surface area contributed by atoms with Gasteiger partial charge < -0.3 is 5.32 Å². The minimum Gasteiger partial charge on any atom is -0.331 e. The molecule has 0 saturated carbocycles. The van der Waals surface area contributed by atoms with E-state index in [0.717, 1.165) is 16.5 Å². The predicted octanol–water partition coefficient (Wildman–Crippen LogP) is 3.66. The molecule has 0 radical (unpaired) electrons. The molecule has 26 heavy (non-hydrogen) atoms. The molecule has 9 heteroatoms. The summed E-state index contributed by atoms with van der Waals surface area (Å²) in [5.41, 5.74) is 10.9. The highest BCUT2D eigenvalue weighted by molar-refractivity contribution is 5.92. The zero-order chi connectivity index (χ0) is 18.5. The number of carbonyl (C=O) groups excluding carboxylic acids is 1. The van der Waals surface area contributed by atoms with Crippen molar-refractivity contribution in [2.45, 2.75) is 19.5 Å². The number of nitrogens with zero attached hydrogens (tertiary/aromatic N) is 6. The molecule has 2 amide bonds. The van der Waals surface area contributed by atoms with Gasteiger partial charge in [0.05, 0.1) is 30.0 Å². The maximum atomic E-state index is 12.3. The lowest BCUT2D eigenvalue weighted by atomic mass is 10.1. The molecule has 1 aromatic carbocycles. The van der Waals surface area contributed by atoms with Crippen LogP contribution in [0.15, 0.2) is 47.7 Å². The number of amides is 2. The van der Waals surface area contributed by atoms with Crippen LogP contribution in [-0.4, -0.2) is 20.8 Å². The Bertz CT molecular complexity index is 975. The number of fused-ring (bicyclic) bond motifs is 1. The molecule has 2 N–H and O–H groups in total. The van der Waals surface area contributed by atoms with E-state index >= 15 is 0 Å². The molecule has 0 spiro atoms. The fraction of sp³-hybridized carbons (Fsp3) is 0.235. The van der Waals surface area contributed by atoms with Gasteiger partial charge in [0.15, 0.2) is 0 Å². The fourth-order valence-electron chi connectivity index (χ4n) is 2.74. The van der Waals surface area contributed by atoms with Crippen LogP contribution in [0.1, 0.15) is 24.2 Å². The smallest absolute Gasteiger partial charge is 0.320 e. The molecule has 0 saturated heterocycles. The van der Waals surface area contributed by atoms with Crippen molar-refractivity contribution < 1.29 is 4.79 Å². The Morgan fingerprint density at radius 2 is 2.15 bits per heavy atom. The van der Waals surface area contributed by atoms with Crippen LogP contribution in [0.2, 0.25) is 0 Å². The number of azide groups is 1. The van der Waals surface area contributed by atoms with E-state index in [4.69, 9.17) is 5.53 Å². The maximum absolute atomic E-state index is 12.3. The lowest BCUT2D eigenvalue weighted by molar-refractivity contribution is 0.249. The third-order valence-corrected chi connectivity index (χ3v) is 3.96. The van der Waals surface area contributed by atoms with Crippen molar-refractivity contribution in [1.29, 1.82) is 0 Å². The number of hydrogen-bond donors (Lipinski definition) is 2. The Morgan fingerprint density at radius 1 is 1.38 bits per heavy atom. The molecule has 2 heterocycles. The van der Waals surface area contributed by atoms with Crippen molar-refractivity contribution in [3.63, 3.8) is 0 Å².